The van der Waals surface area contributed by atoms with Crippen molar-refractivity contribution in [2.45, 2.75) is 0 Å². The number of para-hydroxylation sites is 6. The molecule has 0 N–H and O–H groups in total. The minimum absolute atomic E-state index is 0.497. The molecule has 0 unspecified atom stereocenters. The van der Waals surface area contributed by atoms with Crippen molar-refractivity contribution in [3.8, 4) is 91.1 Å². The quantitative estimate of drug-likeness (QED) is 0.135. The first kappa shape index (κ1) is 53.0. The maximum Gasteiger partial charge on any atom is 0.238 e. The number of hydrogen-bond donors (Lipinski definition) is 0. The van der Waals surface area contributed by atoms with Gasteiger partial charge >= 0.3 is 0 Å². The highest BCUT2D eigenvalue weighted by Crippen LogP contribution is 2.48. The van der Waals surface area contributed by atoms with Crippen molar-refractivity contribution in [3.63, 3.8) is 0 Å². The summed E-state index contributed by atoms with van der Waals surface area (Å²) in [5, 5.41) is 8.77. The Labute approximate surface area is 538 Å². The number of hydrogen-bond acceptors (Lipinski definition) is 6. The maximum atomic E-state index is 5.64. The van der Waals surface area contributed by atoms with Gasteiger partial charge in [0.1, 0.15) is 0 Å². The molecule has 6 heterocycles. The van der Waals surface area contributed by atoms with E-state index >= 15 is 0 Å². The number of rotatable bonds is 10. The van der Waals surface area contributed by atoms with Crippen LogP contribution in [0.4, 0.5) is 0 Å². The Morgan fingerprint density at radius 2 is 0.521 bits per heavy atom. The molecule has 0 saturated heterocycles. The molecule has 438 valence electrons. The lowest BCUT2D eigenvalue weighted by Gasteiger charge is -2.15. The molecule has 0 saturated carbocycles. The highest BCUT2D eigenvalue weighted by molar-refractivity contribution is 6.28. The van der Waals surface area contributed by atoms with Gasteiger partial charge in [-0.05, 0) is 82.9 Å². The molecule has 13 aromatic carbocycles. The van der Waals surface area contributed by atoms with Crippen molar-refractivity contribution in [1.29, 1.82) is 0 Å². The molecule has 0 aliphatic rings. The molecule has 0 spiro atoms. The minimum atomic E-state index is 0.497. The molecule has 94 heavy (non-hydrogen) atoms. The fourth-order valence-electron chi connectivity index (χ4n) is 14.3. The molecule has 6 aromatic heterocycles. The second-order valence-corrected chi connectivity index (χ2v) is 23.8. The zero-order valence-electron chi connectivity index (χ0n) is 50.5. The molecule has 0 bridgehead atoms. The van der Waals surface area contributed by atoms with Crippen LogP contribution in [0.15, 0.2) is 315 Å². The highest BCUT2D eigenvalue weighted by atomic mass is 15.2. The van der Waals surface area contributed by atoms with Gasteiger partial charge in [-0.15, -0.1) is 0 Å². The molecule has 10 heteroatoms. The van der Waals surface area contributed by atoms with Crippen LogP contribution < -0.4 is 0 Å². The average Bonchev–Trinajstić information content (AvgIpc) is 1.54. The summed E-state index contributed by atoms with van der Waals surface area (Å²) in [5.74, 6) is 3.24. The third-order valence-electron chi connectivity index (χ3n) is 18.5. The molecule has 0 fully saturated rings. The summed E-state index contributed by atoms with van der Waals surface area (Å²) in [6.07, 6.45) is 0. The smallest absolute Gasteiger partial charge is 0.238 e. The van der Waals surface area contributed by atoms with Crippen LogP contribution >= 0.6 is 0 Å². The van der Waals surface area contributed by atoms with Gasteiger partial charge in [-0.25, -0.2) is 9.97 Å². The van der Waals surface area contributed by atoms with E-state index in [1.54, 1.807) is 0 Å². The number of benzene rings is 13. The van der Waals surface area contributed by atoms with Gasteiger partial charge in [0.15, 0.2) is 23.3 Å². The molecule has 19 aromatic rings. The van der Waals surface area contributed by atoms with Gasteiger partial charge < -0.3 is 9.13 Å². The van der Waals surface area contributed by atoms with Crippen LogP contribution in [0.1, 0.15) is 0 Å². The van der Waals surface area contributed by atoms with Crippen LogP contribution in [-0.2, 0) is 0 Å². The van der Waals surface area contributed by atoms with Crippen molar-refractivity contribution >= 4 is 87.2 Å². The van der Waals surface area contributed by atoms with Crippen molar-refractivity contribution in [2.24, 2.45) is 0 Å². The number of nitrogens with zero attached hydrogens (tertiary/aromatic N) is 10. The van der Waals surface area contributed by atoms with E-state index in [2.05, 4.69) is 291 Å². The van der Waals surface area contributed by atoms with E-state index in [4.69, 9.17) is 29.9 Å². The molecular formula is C84H52N10. The van der Waals surface area contributed by atoms with Crippen molar-refractivity contribution < 1.29 is 0 Å². The van der Waals surface area contributed by atoms with Crippen molar-refractivity contribution in [2.75, 3.05) is 0 Å². The van der Waals surface area contributed by atoms with Gasteiger partial charge in [-0.3, -0.25) is 9.13 Å². The SMILES string of the molecule is c1ccc(-c2ccc(-c3nc(-c4ccccc4)nc(-n4c5ccccc5c5c(-c6cccc(-c7nc(-c8ccccc8)nc(-n8c9ccccc9c9ccc%10c%11ccccc%11n(-c%11ccccc%11)c%10c98)n7)c6)cc6c7ccccc7n(-c7ccccc7)c6c54)n3)cc2)cc1. The number of aromatic nitrogens is 10. The predicted molar refractivity (Wildman–Crippen MR) is 383 cm³/mol. The molecule has 0 amide bonds. The van der Waals surface area contributed by atoms with E-state index in [0.717, 1.165) is 138 Å². The van der Waals surface area contributed by atoms with Gasteiger partial charge in [0, 0.05) is 76.7 Å². The Bertz CT molecular complexity index is 6190. The lowest BCUT2D eigenvalue weighted by atomic mass is 9.95. The van der Waals surface area contributed by atoms with Crippen molar-refractivity contribution in [3.05, 3.63) is 315 Å². The topological polar surface area (TPSA) is 97.1 Å². The molecule has 19 rings (SSSR count). The first-order valence-corrected chi connectivity index (χ1v) is 31.6. The van der Waals surface area contributed by atoms with E-state index < -0.39 is 0 Å². The first-order valence-electron chi connectivity index (χ1n) is 31.6. The summed E-state index contributed by atoms with van der Waals surface area (Å²) in [6.45, 7) is 0. The van der Waals surface area contributed by atoms with Gasteiger partial charge in [0.25, 0.3) is 0 Å². The van der Waals surface area contributed by atoms with E-state index in [1.807, 2.05) is 42.5 Å². The largest absolute Gasteiger partial charge is 0.307 e. The summed E-state index contributed by atoms with van der Waals surface area (Å²) in [7, 11) is 0. The van der Waals surface area contributed by atoms with Gasteiger partial charge in [-0.1, -0.05) is 255 Å². The lowest BCUT2D eigenvalue weighted by Crippen LogP contribution is -2.07. The third kappa shape index (κ3) is 8.36. The number of fused-ring (bicyclic) bond motifs is 14. The minimum Gasteiger partial charge on any atom is -0.307 e. The monoisotopic (exact) mass is 1200 g/mol. The Morgan fingerprint density at radius 3 is 1.03 bits per heavy atom. The van der Waals surface area contributed by atoms with E-state index in [-0.39, 0.29) is 0 Å². The summed E-state index contributed by atoms with van der Waals surface area (Å²) in [4.78, 5) is 32.9. The van der Waals surface area contributed by atoms with Crippen LogP contribution in [0.25, 0.3) is 178 Å². The highest BCUT2D eigenvalue weighted by Gasteiger charge is 2.28. The molecule has 0 aliphatic carbocycles. The molecule has 0 radical (unpaired) electrons. The normalized spacial score (nSPS) is 11.8. The van der Waals surface area contributed by atoms with Crippen LogP contribution in [0.2, 0.25) is 0 Å². The van der Waals surface area contributed by atoms with Crippen LogP contribution in [0.5, 0.6) is 0 Å². The summed E-state index contributed by atoms with van der Waals surface area (Å²) in [5.41, 5.74) is 18.0. The van der Waals surface area contributed by atoms with E-state index in [9.17, 15) is 0 Å². The summed E-state index contributed by atoms with van der Waals surface area (Å²) >= 11 is 0. The second kappa shape index (κ2) is 21.4. The molecular weight excluding hydrogens is 1150 g/mol. The van der Waals surface area contributed by atoms with E-state index in [1.165, 1.54) is 5.39 Å². The predicted octanol–water partition coefficient (Wildman–Crippen LogP) is 20.4. The average molecular weight is 1200 g/mol. The summed E-state index contributed by atoms with van der Waals surface area (Å²) < 4.78 is 9.34. The Balaban J connectivity index is 0.882. The lowest BCUT2D eigenvalue weighted by molar-refractivity contribution is 0.953. The standard InChI is InChI=1S/C84H52N10/c1-6-25-53(26-7-1)54-45-47-57(48-46-54)81-85-79(55-27-8-2-9-28-55)88-84(89-81)94-73-44-23-19-40-67(73)74-68(52-69-64-39-18-21-42-71(64)92(77(69)78(74)94)61-35-14-5-15-36-61)58-31-24-32-59(51-58)82-86-80(56-29-10-3-11-30-56)87-83(90-82)93-72-43-22-17-38-63(72)66-50-49-65-62-37-16-20-41-70(62)91(75(65)76(66)93)60-33-12-4-13-34-60/h1-52H. The van der Waals surface area contributed by atoms with Crippen LogP contribution in [0.3, 0.4) is 0 Å². The Hall–Kier alpha value is -12.9. The van der Waals surface area contributed by atoms with Crippen LogP contribution in [-0.4, -0.2) is 48.2 Å². The molecule has 10 nitrogen and oxygen atoms in total. The van der Waals surface area contributed by atoms with Gasteiger partial charge in [0.05, 0.1) is 44.1 Å². The second-order valence-electron chi connectivity index (χ2n) is 23.8. The fourth-order valence-corrected chi connectivity index (χ4v) is 14.3. The zero-order chi connectivity index (χ0) is 61.8. The van der Waals surface area contributed by atoms with Crippen molar-refractivity contribution in [1.82, 2.24) is 48.2 Å². The Kier molecular flexibility index (Phi) is 12.0. The maximum absolute atomic E-state index is 5.64. The molecule has 0 atom stereocenters. The van der Waals surface area contributed by atoms with E-state index in [0.29, 0.717) is 35.2 Å². The van der Waals surface area contributed by atoms with Gasteiger partial charge in [0.2, 0.25) is 11.9 Å². The van der Waals surface area contributed by atoms with Gasteiger partial charge in [-0.2, -0.15) is 19.9 Å². The third-order valence-corrected chi connectivity index (χ3v) is 18.5. The van der Waals surface area contributed by atoms with Crippen LogP contribution in [0, 0.1) is 0 Å². The fraction of sp³-hybridized carbons (Fsp3) is 0. The summed E-state index contributed by atoms with van der Waals surface area (Å²) in [6, 6.07) is 111. The first-order chi connectivity index (χ1) is 46.6. The molecule has 0 aliphatic heterocycles. The Morgan fingerprint density at radius 1 is 0.191 bits per heavy atom. The zero-order valence-corrected chi connectivity index (χ0v) is 50.5.